The second-order valence-corrected chi connectivity index (χ2v) is 7.08. The highest BCUT2D eigenvalue weighted by atomic mass is 16.5. The summed E-state index contributed by atoms with van der Waals surface area (Å²) in [5.41, 5.74) is 1.55. The molecule has 0 saturated carbocycles. The van der Waals surface area contributed by atoms with E-state index in [2.05, 4.69) is 4.98 Å². The zero-order chi connectivity index (χ0) is 23.9. The number of methoxy groups -OCH3 is 2. The molecule has 7 heteroatoms. The molecule has 170 valence electrons. The lowest BCUT2D eigenvalue weighted by molar-refractivity contribution is 0.0734. The molecule has 0 aliphatic carbocycles. The Morgan fingerprint density at radius 1 is 0.618 bits per heavy atom. The minimum atomic E-state index is -0.571. The van der Waals surface area contributed by atoms with E-state index in [4.69, 9.17) is 18.9 Å². The fraction of sp³-hybridized carbons (Fsp3) is 0.0741. The van der Waals surface area contributed by atoms with Crippen molar-refractivity contribution in [3.63, 3.8) is 0 Å². The molecule has 0 unspecified atom stereocenters. The van der Waals surface area contributed by atoms with Gasteiger partial charge in [-0.25, -0.2) is 9.59 Å². The first kappa shape index (κ1) is 22.5. The maximum atomic E-state index is 12.8. The third kappa shape index (κ3) is 5.05. The van der Waals surface area contributed by atoms with Gasteiger partial charge in [-0.2, -0.15) is 0 Å². The summed E-state index contributed by atoms with van der Waals surface area (Å²) < 4.78 is 21.6. The molecule has 4 aromatic rings. The molecule has 34 heavy (non-hydrogen) atoms. The van der Waals surface area contributed by atoms with Gasteiger partial charge >= 0.3 is 11.9 Å². The third-order valence-corrected chi connectivity index (χ3v) is 4.97. The van der Waals surface area contributed by atoms with Crippen LogP contribution in [-0.4, -0.2) is 31.1 Å². The van der Waals surface area contributed by atoms with Crippen molar-refractivity contribution in [1.29, 1.82) is 0 Å². The smallest absolute Gasteiger partial charge is 0.343 e. The van der Waals surface area contributed by atoms with Gasteiger partial charge in [-0.15, -0.1) is 0 Å². The van der Waals surface area contributed by atoms with Crippen LogP contribution in [0.2, 0.25) is 0 Å². The van der Waals surface area contributed by atoms with Gasteiger partial charge in [0.15, 0.2) is 0 Å². The topological polar surface area (TPSA) is 84.0 Å². The van der Waals surface area contributed by atoms with E-state index in [-0.39, 0.29) is 11.5 Å². The summed E-state index contributed by atoms with van der Waals surface area (Å²) in [6.45, 7) is 0. The molecular weight excluding hydrogens is 434 g/mol. The van der Waals surface area contributed by atoms with Gasteiger partial charge in [0, 0.05) is 6.20 Å². The Morgan fingerprint density at radius 3 is 1.53 bits per heavy atom. The average molecular weight is 455 g/mol. The van der Waals surface area contributed by atoms with Crippen LogP contribution in [0.25, 0.3) is 11.3 Å². The van der Waals surface area contributed by atoms with Gasteiger partial charge in [0.1, 0.15) is 23.0 Å². The van der Waals surface area contributed by atoms with Gasteiger partial charge < -0.3 is 18.9 Å². The van der Waals surface area contributed by atoms with Gasteiger partial charge in [-0.1, -0.05) is 12.1 Å². The van der Waals surface area contributed by atoms with Gasteiger partial charge in [0.2, 0.25) is 0 Å². The summed E-state index contributed by atoms with van der Waals surface area (Å²) in [6, 6.07) is 23.3. The van der Waals surface area contributed by atoms with Crippen LogP contribution in [0.3, 0.4) is 0 Å². The summed E-state index contributed by atoms with van der Waals surface area (Å²) in [6.07, 6.45) is 1.60. The van der Waals surface area contributed by atoms with Crippen LogP contribution < -0.4 is 18.9 Å². The number of rotatable bonds is 7. The monoisotopic (exact) mass is 455 g/mol. The molecule has 0 fully saturated rings. The van der Waals surface area contributed by atoms with Crippen molar-refractivity contribution in [2.45, 2.75) is 0 Å². The molecule has 4 rings (SSSR count). The SMILES string of the molecule is COc1ccc(C(=O)Oc2cccc(OC(=O)c3ccc(OC)cc3)c2-c2ccccn2)cc1. The van der Waals surface area contributed by atoms with E-state index in [1.807, 2.05) is 0 Å². The Hall–Kier alpha value is -4.65. The lowest BCUT2D eigenvalue weighted by Crippen LogP contribution is -2.12. The van der Waals surface area contributed by atoms with E-state index < -0.39 is 11.9 Å². The van der Waals surface area contributed by atoms with E-state index in [0.717, 1.165) is 0 Å². The maximum absolute atomic E-state index is 12.8. The molecule has 7 nitrogen and oxygen atoms in total. The van der Waals surface area contributed by atoms with Crippen molar-refractivity contribution in [2.24, 2.45) is 0 Å². The standard InChI is InChI=1S/C27H21NO6/c1-31-20-13-9-18(10-14-20)26(29)33-23-7-5-8-24(25(23)22-6-3-4-17-28-22)34-27(30)19-11-15-21(32-2)16-12-19/h3-17H,1-2H3. The quantitative estimate of drug-likeness (QED) is 0.280. The van der Waals surface area contributed by atoms with Crippen LogP contribution in [0.1, 0.15) is 20.7 Å². The van der Waals surface area contributed by atoms with Crippen molar-refractivity contribution in [3.8, 4) is 34.3 Å². The van der Waals surface area contributed by atoms with Crippen molar-refractivity contribution < 1.29 is 28.5 Å². The third-order valence-electron chi connectivity index (χ3n) is 4.97. The van der Waals surface area contributed by atoms with Crippen molar-refractivity contribution in [3.05, 3.63) is 102 Å². The summed E-state index contributed by atoms with van der Waals surface area (Å²) in [5, 5.41) is 0. The highest BCUT2D eigenvalue weighted by Crippen LogP contribution is 2.38. The molecule has 0 spiro atoms. The van der Waals surface area contributed by atoms with Crippen LogP contribution in [0.5, 0.6) is 23.0 Å². The molecule has 0 bridgehead atoms. The Labute approximate surface area is 196 Å². The number of ether oxygens (including phenoxy) is 4. The zero-order valence-electron chi connectivity index (χ0n) is 18.6. The van der Waals surface area contributed by atoms with Gasteiger partial charge in [-0.05, 0) is 72.8 Å². The molecule has 1 heterocycles. The van der Waals surface area contributed by atoms with E-state index in [0.29, 0.717) is 33.9 Å². The van der Waals surface area contributed by atoms with Gasteiger partial charge in [0.25, 0.3) is 0 Å². The number of hydrogen-bond donors (Lipinski definition) is 0. The molecule has 3 aromatic carbocycles. The van der Waals surface area contributed by atoms with E-state index in [1.165, 1.54) is 0 Å². The summed E-state index contributed by atoms with van der Waals surface area (Å²) in [5.74, 6) is 0.521. The number of hydrogen-bond acceptors (Lipinski definition) is 7. The minimum absolute atomic E-state index is 0.208. The van der Waals surface area contributed by atoms with Crippen LogP contribution in [0.4, 0.5) is 0 Å². The number of nitrogens with zero attached hydrogens (tertiary/aromatic N) is 1. The first-order valence-electron chi connectivity index (χ1n) is 10.4. The Bertz CT molecular complexity index is 1210. The maximum Gasteiger partial charge on any atom is 0.343 e. The van der Waals surface area contributed by atoms with Crippen LogP contribution in [0, 0.1) is 0 Å². The van der Waals surface area contributed by atoms with Crippen LogP contribution in [-0.2, 0) is 0 Å². The highest BCUT2D eigenvalue weighted by molar-refractivity contribution is 5.94. The number of esters is 2. The highest BCUT2D eigenvalue weighted by Gasteiger charge is 2.20. The molecule has 0 atom stereocenters. The van der Waals surface area contributed by atoms with E-state index >= 15 is 0 Å². The lowest BCUT2D eigenvalue weighted by Gasteiger charge is -2.14. The van der Waals surface area contributed by atoms with Crippen LogP contribution in [0.15, 0.2) is 91.1 Å². The molecule has 0 radical (unpaired) electrons. The first-order chi connectivity index (χ1) is 16.6. The number of carbonyl (C=O) groups is 2. The largest absolute Gasteiger partial charge is 0.497 e. The van der Waals surface area contributed by atoms with Gasteiger partial charge in [0.05, 0.1) is 36.6 Å². The summed E-state index contributed by atoms with van der Waals surface area (Å²) >= 11 is 0. The number of aromatic nitrogens is 1. The summed E-state index contributed by atoms with van der Waals surface area (Å²) in [4.78, 5) is 30.0. The second kappa shape index (κ2) is 10.3. The molecule has 0 N–H and O–H groups in total. The molecule has 0 amide bonds. The first-order valence-corrected chi connectivity index (χ1v) is 10.4. The minimum Gasteiger partial charge on any atom is -0.497 e. The van der Waals surface area contributed by atoms with Crippen LogP contribution >= 0.6 is 0 Å². The predicted molar refractivity (Wildman–Crippen MR) is 126 cm³/mol. The fourth-order valence-electron chi connectivity index (χ4n) is 3.22. The number of benzene rings is 3. The van der Waals surface area contributed by atoms with Crippen molar-refractivity contribution >= 4 is 11.9 Å². The van der Waals surface area contributed by atoms with Crippen molar-refractivity contribution in [1.82, 2.24) is 4.98 Å². The predicted octanol–water partition coefficient (Wildman–Crippen LogP) is 5.20. The Kier molecular flexibility index (Phi) is 6.84. The molecule has 0 aliphatic heterocycles. The summed E-state index contributed by atoms with van der Waals surface area (Å²) in [7, 11) is 3.09. The van der Waals surface area contributed by atoms with E-state index in [1.54, 1.807) is 105 Å². The second-order valence-electron chi connectivity index (χ2n) is 7.08. The molecule has 0 saturated heterocycles. The Morgan fingerprint density at radius 2 is 1.12 bits per heavy atom. The number of pyridine rings is 1. The average Bonchev–Trinajstić information content (AvgIpc) is 2.89. The fourth-order valence-corrected chi connectivity index (χ4v) is 3.22. The Balaban J connectivity index is 1.67. The molecule has 1 aromatic heterocycles. The van der Waals surface area contributed by atoms with E-state index in [9.17, 15) is 9.59 Å². The molecule has 0 aliphatic rings. The molecular formula is C27H21NO6. The normalized spacial score (nSPS) is 10.3. The number of carbonyl (C=O) groups excluding carboxylic acids is 2. The van der Waals surface area contributed by atoms with Crippen molar-refractivity contribution in [2.75, 3.05) is 14.2 Å². The van der Waals surface area contributed by atoms with Gasteiger partial charge in [-0.3, -0.25) is 4.98 Å². The lowest BCUT2D eigenvalue weighted by atomic mass is 10.1. The zero-order valence-corrected chi connectivity index (χ0v) is 18.6.